The van der Waals surface area contributed by atoms with Crippen molar-refractivity contribution in [2.45, 2.75) is 58.3 Å². The van der Waals surface area contributed by atoms with E-state index in [4.69, 9.17) is 19.2 Å². The first-order valence-corrected chi connectivity index (χ1v) is 14.9. The number of hydrogen-bond donors (Lipinski definition) is 1. The molecule has 1 N–H and O–H groups in total. The number of halogens is 1. The quantitative estimate of drug-likeness (QED) is 0.173. The summed E-state index contributed by atoms with van der Waals surface area (Å²) in [5, 5.41) is 3.48. The predicted octanol–water partition coefficient (Wildman–Crippen LogP) is 5.42. The summed E-state index contributed by atoms with van der Waals surface area (Å²) in [4.78, 5) is 41.2. The summed E-state index contributed by atoms with van der Waals surface area (Å²) in [7, 11) is 0. The molecule has 13 heteroatoms. The van der Waals surface area contributed by atoms with Gasteiger partial charge >= 0.3 is 6.09 Å². The number of hydrogen-bond acceptors (Lipinski definition) is 9. The van der Waals surface area contributed by atoms with Gasteiger partial charge in [-0.25, -0.2) is 19.1 Å². The second-order valence-corrected chi connectivity index (χ2v) is 11.6. The maximum absolute atomic E-state index is 13.4. The minimum atomic E-state index is -0.551. The lowest BCUT2D eigenvalue weighted by Gasteiger charge is -2.33. The van der Waals surface area contributed by atoms with E-state index in [2.05, 4.69) is 21.9 Å². The average Bonchev–Trinajstić information content (AvgIpc) is 3.28. The van der Waals surface area contributed by atoms with Gasteiger partial charge in [-0.15, -0.1) is 6.58 Å². The van der Waals surface area contributed by atoms with Gasteiger partial charge in [-0.05, 0) is 51.1 Å². The largest absolute Gasteiger partial charge is 0.493 e. The van der Waals surface area contributed by atoms with Crippen molar-refractivity contribution in [3.05, 3.63) is 71.7 Å². The van der Waals surface area contributed by atoms with E-state index in [-0.39, 0.29) is 30.2 Å². The van der Waals surface area contributed by atoms with E-state index in [1.54, 1.807) is 58.1 Å². The molecular formula is C32H38FN7O5. The number of carbonyl (C=O) groups is 1. The Labute approximate surface area is 260 Å². The summed E-state index contributed by atoms with van der Waals surface area (Å²) >= 11 is 0. The maximum atomic E-state index is 13.4. The zero-order valence-corrected chi connectivity index (χ0v) is 25.7. The lowest BCUT2D eigenvalue weighted by atomic mass is 10.1. The van der Waals surface area contributed by atoms with E-state index in [9.17, 15) is 14.0 Å². The molecule has 0 bridgehead atoms. The number of alkyl halides is 1. The van der Waals surface area contributed by atoms with E-state index < -0.39 is 12.3 Å². The Bertz CT molecular complexity index is 1690. The minimum absolute atomic E-state index is 0.137. The number of amides is 1. The Morgan fingerprint density at radius 2 is 1.89 bits per heavy atom. The van der Waals surface area contributed by atoms with Gasteiger partial charge in [0, 0.05) is 50.3 Å². The number of piperidine rings is 1. The zero-order valence-electron chi connectivity index (χ0n) is 25.7. The van der Waals surface area contributed by atoms with Gasteiger partial charge in [0.05, 0.1) is 19.8 Å². The van der Waals surface area contributed by atoms with Crippen molar-refractivity contribution < 1.29 is 23.4 Å². The summed E-state index contributed by atoms with van der Waals surface area (Å²) in [6.07, 6.45) is 4.24. The molecule has 3 aromatic heterocycles. The van der Waals surface area contributed by atoms with Crippen LogP contribution in [0.4, 0.5) is 20.8 Å². The number of carbonyl (C=O) groups excluding carboxylic acids is 1. The smallest absolute Gasteiger partial charge is 0.410 e. The highest BCUT2D eigenvalue weighted by molar-refractivity contribution is 5.77. The van der Waals surface area contributed by atoms with Crippen molar-refractivity contribution in [2.24, 2.45) is 0 Å². The lowest BCUT2D eigenvalue weighted by Crippen LogP contribution is -2.44. The number of likely N-dealkylation sites (tertiary alicyclic amines) is 1. The molecule has 1 aliphatic heterocycles. The van der Waals surface area contributed by atoms with Crippen LogP contribution < -0.4 is 20.3 Å². The highest BCUT2D eigenvalue weighted by Gasteiger charge is 2.28. The van der Waals surface area contributed by atoms with Gasteiger partial charge < -0.3 is 24.4 Å². The Kier molecular flexibility index (Phi) is 9.65. The van der Waals surface area contributed by atoms with Crippen LogP contribution in [0.15, 0.2) is 66.1 Å². The third-order valence-corrected chi connectivity index (χ3v) is 6.94. The lowest BCUT2D eigenvalue weighted by molar-refractivity contribution is 0.0123. The molecule has 12 nitrogen and oxygen atoms in total. The molecule has 4 aromatic rings. The first-order chi connectivity index (χ1) is 21.6. The van der Waals surface area contributed by atoms with Crippen molar-refractivity contribution in [2.75, 3.05) is 31.7 Å². The van der Waals surface area contributed by atoms with Gasteiger partial charge in [-0.3, -0.25) is 9.18 Å². The van der Waals surface area contributed by atoms with Crippen molar-refractivity contribution in [3.63, 3.8) is 0 Å². The summed E-state index contributed by atoms with van der Waals surface area (Å²) in [6, 6.07) is 12.5. The van der Waals surface area contributed by atoms with E-state index >= 15 is 0 Å². The summed E-state index contributed by atoms with van der Waals surface area (Å²) in [5.74, 6) is 1.74. The normalized spacial score (nSPS) is 13.9. The number of pyridine rings is 1. The zero-order chi connectivity index (χ0) is 32.0. The monoisotopic (exact) mass is 619 g/mol. The van der Waals surface area contributed by atoms with Gasteiger partial charge in [-0.1, -0.05) is 12.1 Å². The topological polar surface area (TPSA) is 126 Å². The fourth-order valence-corrected chi connectivity index (χ4v) is 4.86. The molecule has 1 amide bonds. The van der Waals surface area contributed by atoms with Crippen LogP contribution in [0.3, 0.4) is 0 Å². The van der Waals surface area contributed by atoms with E-state index in [1.165, 1.54) is 10.9 Å². The van der Waals surface area contributed by atoms with E-state index in [0.29, 0.717) is 73.1 Å². The molecule has 0 spiro atoms. The predicted molar refractivity (Wildman–Crippen MR) is 168 cm³/mol. The molecule has 0 saturated carbocycles. The number of allylic oxidation sites excluding steroid dienone is 1. The molecule has 1 saturated heterocycles. The molecule has 0 unspecified atom stereocenters. The highest BCUT2D eigenvalue weighted by atomic mass is 19.1. The SMILES string of the molecule is C=CCn1c(=O)c2cnc(Nc3ccc(OCCCF)cc3)nc2n1-c1cccc(OC2CCN(C(=O)OC(C)(C)C)CC2)n1. The van der Waals surface area contributed by atoms with Crippen LogP contribution in [0.5, 0.6) is 11.6 Å². The molecule has 1 aliphatic rings. The van der Waals surface area contributed by atoms with Crippen LogP contribution in [0.25, 0.3) is 16.9 Å². The van der Waals surface area contributed by atoms with Gasteiger partial charge in [0.25, 0.3) is 5.56 Å². The standard InChI is InChI=1S/C32H38FN7O5/c1-5-17-39-29(41)25-21-34-30(35-22-10-12-23(13-11-22)43-20-7-16-33)37-28(25)40(39)26-8-6-9-27(36-26)44-24-14-18-38(19-15-24)31(42)45-32(2,3)4/h5-6,8-13,21,24H,1,7,14-20H2,2-4H3,(H,34,35,37). The van der Waals surface area contributed by atoms with Crippen LogP contribution in [-0.4, -0.2) is 73.4 Å². The molecule has 0 atom stereocenters. The van der Waals surface area contributed by atoms with Gasteiger partial charge in [0.2, 0.25) is 11.8 Å². The molecule has 238 valence electrons. The second kappa shape index (κ2) is 13.8. The molecular weight excluding hydrogens is 581 g/mol. The van der Waals surface area contributed by atoms with Crippen LogP contribution in [-0.2, 0) is 11.3 Å². The fraction of sp³-hybridized carbons (Fsp3) is 0.406. The average molecular weight is 620 g/mol. The molecule has 0 aliphatic carbocycles. The number of benzene rings is 1. The van der Waals surface area contributed by atoms with Crippen molar-refractivity contribution in [3.8, 4) is 17.4 Å². The van der Waals surface area contributed by atoms with Crippen LogP contribution >= 0.6 is 0 Å². The van der Waals surface area contributed by atoms with E-state index in [1.807, 2.05) is 20.8 Å². The first kappa shape index (κ1) is 31.5. The van der Waals surface area contributed by atoms with Crippen LogP contribution in [0.1, 0.15) is 40.0 Å². The number of nitrogens with one attached hydrogen (secondary N) is 1. The molecule has 4 heterocycles. The van der Waals surface area contributed by atoms with Crippen molar-refractivity contribution >= 4 is 28.8 Å². The summed E-state index contributed by atoms with van der Waals surface area (Å²) in [6.45, 7) is 10.5. The first-order valence-electron chi connectivity index (χ1n) is 14.9. The summed E-state index contributed by atoms with van der Waals surface area (Å²) < 4.78 is 32.7. The third-order valence-electron chi connectivity index (χ3n) is 6.94. The Balaban J connectivity index is 1.35. The van der Waals surface area contributed by atoms with Crippen LogP contribution in [0, 0.1) is 0 Å². The van der Waals surface area contributed by atoms with E-state index in [0.717, 1.165) is 0 Å². The molecule has 5 rings (SSSR count). The van der Waals surface area contributed by atoms with Gasteiger partial charge in [-0.2, -0.15) is 9.97 Å². The van der Waals surface area contributed by atoms with Gasteiger partial charge in [0.1, 0.15) is 22.8 Å². The minimum Gasteiger partial charge on any atom is -0.493 e. The van der Waals surface area contributed by atoms with Crippen LogP contribution in [0.2, 0.25) is 0 Å². The number of aromatic nitrogens is 5. The maximum Gasteiger partial charge on any atom is 0.410 e. The summed E-state index contributed by atoms with van der Waals surface area (Å²) in [5.41, 5.74) is 0.234. The number of anilines is 2. The molecule has 0 radical (unpaired) electrons. The molecule has 1 aromatic carbocycles. The third kappa shape index (κ3) is 7.78. The number of fused-ring (bicyclic) bond motifs is 1. The Morgan fingerprint density at radius 3 is 2.58 bits per heavy atom. The van der Waals surface area contributed by atoms with Crippen molar-refractivity contribution in [1.82, 2.24) is 29.2 Å². The Hall–Kier alpha value is -4.94. The molecule has 45 heavy (non-hydrogen) atoms. The Morgan fingerprint density at radius 1 is 1.13 bits per heavy atom. The van der Waals surface area contributed by atoms with Gasteiger partial charge in [0.15, 0.2) is 11.5 Å². The number of rotatable bonds is 11. The molecule has 1 fully saturated rings. The fourth-order valence-electron chi connectivity index (χ4n) is 4.86. The highest BCUT2D eigenvalue weighted by Crippen LogP contribution is 2.23. The second-order valence-electron chi connectivity index (χ2n) is 11.6. The van der Waals surface area contributed by atoms with Crippen molar-refractivity contribution in [1.29, 1.82) is 0 Å². The number of ether oxygens (including phenoxy) is 3. The number of nitrogens with zero attached hydrogens (tertiary/aromatic N) is 6.